The lowest BCUT2D eigenvalue weighted by Crippen LogP contribution is -2.36. The van der Waals surface area contributed by atoms with Crippen LogP contribution in [-0.4, -0.2) is 38.3 Å². The Morgan fingerprint density at radius 3 is 2.74 bits per heavy atom. The van der Waals surface area contributed by atoms with Crippen LogP contribution in [0.25, 0.3) is 25.9 Å². The molecule has 7 heteroatoms. The Bertz CT molecular complexity index is 1530. The molecule has 0 spiro atoms. The average molecular weight is 471 g/mol. The van der Waals surface area contributed by atoms with Crippen LogP contribution >= 0.6 is 11.3 Å². The van der Waals surface area contributed by atoms with Crippen molar-refractivity contribution < 1.29 is 9.53 Å². The van der Waals surface area contributed by atoms with E-state index in [0.29, 0.717) is 12.5 Å². The van der Waals surface area contributed by atoms with Crippen molar-refractivity contribution in [2.45, 2.75) is 39.2 Å². The molecule has 2 aromatic carbocycles. The zero-order chi connectivity index (χ0) is 23.2. The number of pyridine rings is 1. The van der Waals surface area contributed by atoms with Gasteiger partial charge in [-0.3, -0.25) is 9.20 Å². The molecule has 0 saturated carbocycles. The van der Waals surface area contributed by atoms with Crippen molar-refractivity contribution in [3.8, 4) is 5.75 Å². The normalized spacial score (nSPS) is 14.9. The number of amides is 1. The van der Waals surface area contributed by atoms with E-state index >= 15 is 0 Å². The highest BCUT2D eigenvalue weighted by atomic mass is 32.1. The number of benzene rings is 2. The second-order valence-electron chi connectivity index (χ2n) is 8.99. The lowest BCUT2D eigenvalue weighted by molar-refractivity contribution is -0.129. The number of carbonyl (C=O) groups excluding carboxylic acids is 1. The van der Waals surface area contributed by atoms with E-state index in [1.54, 1.807) is 18.3 Å². The van der Waals surface area contributed by atoms with Crippen molar-refractivity contribution in [3.05, 3.63) is 71.8 Å². The van der Waals surface area contributed by atoms with Crippen LogP contribution < -0.4 is 4.74 Å². The van der Waals surface area contributed by atoms with Gasteiger partial charge in [-0.05, 0) is 50.1 Å². The first-order valence-corrected chi connectivity index (χ1v) is 12.5. The van der Waals surface area contributed by atoms with E-state index in [4.69, 9.17) is 14.7 Å². The van der Waals surface area contributed by atoms with Crippen LogP contribution in [0.4, 0.5) is 0 Å². The third-order valence-corrected chi connectivity index (χ3v) is 7.97. The molecule has 6 rings (SSSR count). The van der Waals surface area contributed by atoms with Crippen LogP contribution in [0, 0.1) is 6.92 Å². The van der Waals surface area contributed by atoms with Gasteiger partial charge in [0.25, 0.3) is 0 Å². The van der Waals surface area contributed by atoms with Gasteiger partial charge in [-0.25, -0.2) is 9.97 Å². The maximum Gasteiger partial charge on any atom is 0.219 e. The van der Waals surface area contributed by atoms with E-state index in [1.807, 2.05) is 35.2 Å². The topological polar surface area (TPSA) is 59.7 Å². The number of para-hydroxylation sites is 1. The molecule has 0 bridgehead atoms. The number of likely N-dealkylation sites (tertiary alicyclic amines) is 1. The molecule has 0 atom stereocenters. The van der Waals surface area contributed by atoms with Gasteiger partial charge in [0.1, 0.15) is 23.0 Å². The van der Waals surface area contributed by atoms with E-state index in [0.717, 1.165) is 59.8 Å². The summed E-state index contributed by atoms with van der Waals surface area (Å²) in [6.45, 7) is 5.77. The highest BCUT2D eigenvalue weighted by molar-refractivity contribution is 7.24. The van der Waals surface area contributed by atoms with Crippen molar-refractivity contribution in [1.29, 1.82) is 0 Å². The highest BCUT2D eigenvalue weighted by Gasteiger charge is 2.27. The third-order valence-electron chi connectivity index (χ3n) is 6.75. The van der Waals surface area contributed by atoms with Crippen LogP contribution in [0.2, 0.25) is 0 Å². The van der Waals surface area contributed by atoms with Crippen LogP contribution in [0.3, 0.4) is 0 Å². The minimum atomic E-state index is 0.162. The van der Waals surface area contributed by atoms with E-state index in [2.05, 4.69) is 35.6 Å². The van der Waals surface area contributed by atoms with Gasteiger partial charge in [-0.15, -0.1) is 11.3 Å². The molecule has 172 valence electrons. The van der Waals surface area contributed by atoms with E-state index in [9.17, 15) is 4.79 Å². The second-order valence-corrected chi connectivity index (χ2v) is 10.0. The minimum Gasteiger partial charge on any atom is -0.487 e. The molecular formula is C27H26N4O2S. The molecule has 0 radical (unpaired) electrons. The number of ether oxygens (including phenoxy) is 1. The fraction of sp³-hybridized carbons (Fsp3) is 0.296. The van der Waals surface area contributed by atoms with Crippen molar-refractivity contribution in [2.75, 3.05) is 13.1 Å². The average Bonchev–Trinajstić information content (AvgIpc) is 3.39. The van der Waals surface area contributed by atoms with Gasteiger partial charge in [0.2, 0.25) is 5.91 Å². The van der Waals surface area contributed by atoms with Gasteiger partial charge in [0.15, 0.2) is 0 Å². The zero-order valence-corrected chi connectivity index (χ0v) is 20.1. The molecule has 1 aliphatic rings. The lowest BCUT2D eigenvalue weighted by atomic mass is 9.96. The Labute approximate surface area is 201 Å². The van der Waals surface area contributed by atoms with Crippen LogP contribution in [0.15, 0.2) is 54.6 Å². The van der Waals surface area contributed by atoms with E-state index in [1.165, 1.54) is 15.0 Å². The Kier molecular flexibility index (Phi) is 5.21. The molecule has 0 unspecified atom stereocenters. The Morgan fingerprint density at radius 2 is 1.91 bits per heavy atom. The number of imidazole rings is 1. The van der Waals surface area contributed by atoms with Gasteiger partial charge in [0, 0.05) is 31.3 Å². The fourth-order valence-electron chi connectivity index (χ4n) is 4.92. The summed E-state index contributed by atoms with van der Waals surface area (Å²) >= 11 is 1.76. The number of aryl methyl sites for hydroxylation is 1. The lowest BCUT2D eigenvalue weighted by Gasteiger charge is -2.30. The van der Waals surface area contributed by atoms with Gasteiger partial charge >= 0.3 is 0 Å². The number of rotatable bonds is 4. The summed E-state index contributed by atoms with van der Waals surface area (Å²) in [5.74, 6) is 2.49. The second kappa shape index (κ2) is 8.40. The Hall–Kier alpha value is -3.45. The van der Waals surface area contributed by atoms with E-state index < -0.39 is 0 Å². The first-order valence-electron chi connectivity index (χ1n) is 11.7. The van der Waals surface area contributed by atoms with Crippen molar-refractivity contribution in [3.63, 3.8) is 0 Å². The number of thiazole rings is 1. The predicted molar refractivity (Wildman–Crippen MR) is 136 cm³/mol. The monoisotopic (exact) mass is 470 g/mol. The quantitative estimate of drug-likeness (QED) is 0.338. The number of piperidine rings is 1. The van der Waals surface area contributed by atoms with Gasteiger partial charge < -0.3 is 9.64 Å². The predicted octanol–water partition coefficient (Wildman–Crippen LogP) is 5.71. The molecule has 0 aliphatic carbocycles. The number of fused-ring (bicyclic) bond motifs is 4. The standard InChI is InChI=1S/C27H26N4O2S/c1-17-27-31(26(28-17)20-11-13-30(14-12-20)18(2)32)24-10-9-22(15-25(24)34-27)33-16-21-8-7-19-5-3-4-6-23(19)29-21/h3-10,15,20H,11-14,16H2,1-2H3. The van der Waals surface area contributed by atoms with Gasteiger partial charge in [0.05, 0.1) is 27.1 Å². The maximum atomic E-state index is 11.7. The number of hydrogen-bond donors (Lipinski definition) is 0. The van der Waals surface area contributed by atoms with Crippen LogP contribution in [0.5, 0.6) is 5.75 Å². The smallest absolute Gasteiger partial charge is 0.219 e. The number of carbonyl (C=O) groups is 1. The first kappa shape index (κ1) is 21.1. The summed E-state index contributed by atoms with van der Waals surface area (Å²) in [6, 6.07) is 18.5. The Balaban J connectivity index is 1.26. The molecule has 1 amide bonds. The molecule has 1 fully saturated rings. The summed E-state index contributed by atoms with van der Waals surface area (Å²) in [6.07, 6.45) is 1.91. The fourth-order valence-corrected chi connectivity index (χ4v) is 6.04. The molecular weight excluding hydrogens is 444 g/mol. The molecule has 0 N–H and O–H groups in total. The number of nitrogens with zero attached hydrogens (tertiary/aromatic N) is 4. The van der Waals surface area contributed by atoms with E-state index in [-0.39, 0.29) is 5.91 Å². The first-order chi connectivity index (χ1) is 16.6. The minimum absolute atomic E-state index is 0.162. The third kappa shape index (κ3) is 3.70. The molecule has 1 saturated heterocycles. The van der Waals surface area contributed by atoms with Gasteiger partial charge in [-0.1, -0.05) is 24.3 Å². The SMILES string of the molecule is CC(=O)N1CCC(c2nc(C)c3sc4cc(OCc5ccc6ccccc6n5)ccc4n23)CC1. The number of hydrogen-bond acceptors (Lipinski definition) is 5. The molecule has 5 aromatic rings. The van der Waals surface area contributed by atoms with Crippen LogP contribution in [0.1, 0.15) is 42.9 Å². The Morgan fingerprint density at radius 1 is 1.09 bits per heavy atom. The van der Waals surface area contributed by atoms with Crippen molar-refractivity contribution in [2.24, 2.45) is 0 Å². The molecule has 1 aliphatic heterocycles. The zero-order valence-electron chi connectivity index (χ0n) is 19.3. The summed E-state index contributed by atoms with van der Waals surface area (Å²) in [7, 11) is 0. The molecule has 3 aromatic heterocycles. The summed E-state index contributed by atoms with van der Waals surface area (Å²) in [5.41, 5.74) is 4.13. The molecule has 6 nitrogen and oxygen atoms in total. The summed E-state index contributed by atoms with van der Waals surface area (Å²) < 4.78 is 9.62. The molecule has 4 heterocycles. The van der Waals surface area contributed by atoms with Crippen molar-refractivity contribution >= 4 is 43.2 Å². The largest absolute Gasteiger partial charge is 0.487 e. The van der Waals surface area contributed by atoms with Crippen molar-refractivity contribution in [1.82, 2.24) is 19.3 Å². The van der Waals surface area contributed by atoms with Crippen LogP contribution in [-0.2, 0) is 11.4 Å². The number of aromatic nitrogens is 3. The summed E-state index contributed by atoms with van der Waals surface area (Å²) in [5, 5.41) is 1.13. The maximum absolute atomic E-state index is 11.7. The molecule has 34 heavy (non-hydrogen) atoms. The highest BCUT2D eigenvalue weighted by Crippen LogP contribution is 2.37. The summed E-state index contributed by atoms with van der Waals surface area (Å²) in [4.78, 5) is 24.5. The van der Waals surface area contributed by atoms with Gasteiger partial charge in [-0.2, -0.15) is 0 Å².